The van der Waals surface area contributed by atoms with Crippen LogP contribution in [0.5, 0.6) is 11.6 Å². The SMILES string of the molecule is Cc1cc(-c2cnc3c(NCC4CCOCC4)cc(Oc4ccc(CO)cc4F)nn23)ccc1C(N)=O. The Bertz CT molecular complexity index is 1450. The van der Waals surface area contributed by atoms with Crippen LogP contribution in [0.15, 0.2) is 48.7 Å². The van der Waals surface area contributed by atoms with Crippen LogP contribution in [-0.4, -0.2) is 45.4 Å². The summed E-state index contributed by atoms with van der Waals surface area (Å²) in [4.78, 5) is 16.3. The Balaban J connectivity index is 1.55. The first kappa shape index (κ1) is 24.7. The summed E-state index contributed by atoms with van der Waals surface area (Å²) in [7, 11) is 0. The fraction of sp³-hybridized carbons (Fsp3) is 0.296. The first-order valence-electron chi connectivity index (χ1n) is 12.1. The Hall–Kier alpha value is -4.02. The predicted octanol–water partition coefficient (Wildman–Crippen LogP) is 4.07. The summed E-state index contributed by atoms with van der Waals surface area (Å²) in [6.45, 7) is 3.74. The van der Waals surface area contributed by atoms with Crippen LogP contribution in [0.2, 0.25) is 0 Å². The first-order chi connectivity index (χ1) is 17.9. The van der Waals surface area contributed by atoms with Crippen molar-refractivity contribution in [1.29, 1.82) is 0 Å². The van der Waals surface area contributed by atoms with Crippen LogP contribution < -0.4 is 15.8 Å². The van der Waals surface area contributed by atoms with Gasteiger partial charge in [0, 0.05) is 37.0 Å². The molecule has 9 nitrogen and oxygen atoms in total. The lowest BCUT2D eigenvalue weighted by Crippen LogP contribution is -2.23. The topological polar surface area (TPSA) is 124 Å². The highest BCUT2D eigenvalue weighted by Crippen LogP contribution is 2.31. The van der Waals surface area contributed by atoms with Crippen molar-refractivity contribution >= 4 is 17.2 Å². The van der Waals surface area contributed by atoms with Crippen LogP contribution in [0, 0.1) is 18.7 Å². The van der Waals surface area contributed by atoms with E-state index in [0.717, 1.165) is 43.7 Å². The number of hydrogen-bond donors (Lipinski definition) is 3. The fourth-order valence-corrected chi connectivity index (χ4v) is 4.47. The molecule has 0 radical (unpaired) electrons. The van der Waals surface area contributed by atoms with Gasteiger partial charge in [0.1, 0.15) is 0 Å². The van der Waals surface area contributed by atoms with Gasteiger partial charge in [-0.15, -0.1) is 5.10 Å². The highest BCUT2D eigenvalue weighted by molar-refractivity contribution is 5.94. The van der Waals surface area contributed by atoms with Gasteiger partial charge in [-0.1, -0.05) is 12.1 Å². The van der Waals surface area contributed by atoms with E-state index in [2.05, 4.69) is 15.4 Å². The number of carbonyl (C=O) groups is 1. The Morgan fingerprint density at radius 3 is 2.76 bits per heavy atom. The molecule has 4 N–H and O–H groups in total. The molecule has 1 aliphatic heterocycles. The van der Waals surface area contributed by atoms with Gasteiger partial charge >= 0.3 is 0 Å². The number of ether oxygens (including phenoxy) is 2. The summed E-state index contributed by atoms with van der Waals surface area (Å²) in [6.07, 6.45) is 3.62. The lowest BCUT2D eigenvalue weighted by molar-refractivity contribution is 0.0699. The summed E-state index contributed by atoms with van der Waals surface area (Å²) in [6, 6.07) is 11.3. The molecule has 37 heavy (non-hydrogen) atoms. The normalized spacial score (nSPS) is 14.1. The number of imidazole rings is 1. The van der Waals surface area contributed by atoms with E-state index in [9.17, 15) is 14.3 Å². The number of anilines is 1. The average Bonchev–Trinajstić information content (AvgIpc) is 3.33. The number of nitrogens with two attached hydrogens (primary N) is 1. The minimum absolute atomic E-state index is 0.0113. The smallest absolute Gasteiger partial charge is 0.248 e. The van der Waals surface area contributed by atoms with E-state index < -0.39 is 11.7 Å². The molecule has 192 valence electrons. The molecule has 1 amide bonds. The second-order valence-corrected chi connectivity index (χ2v) is 9.13. The molecular weight excluding hydrogens is 477 g/mol. The van der Waals surface area contributed by atoms with Gasteiger partial charge in [0.15, 0.2) is 17.2 Å². The van der Waals surface area contributed by atoms with Crippen molar-refractivity contribution in [3.8, 4) is 22.9 Å². The van der Waals surface area contributed by atoms with Gasteiger partial charge in [0.05, 0.1) is 24.2 Å². The minimum atomic E-state index is -0.603. The molecule has 0 unspecified atom stereocenters. The van der Waals surface area contributed by atoms with Gasteiger partial charge in [0.25, 0.3) is 0 Å². The van der Waals surface area contributed by atoms with Gasteiger partial charge in [-0.05, 0) is 61.1 Å². The van der Waals surface area contributed by atoms with E-state index in [1.54, 1.807) is 35.0 Å². The molecule has 1 saturated heterocycles. The molecule has 1 aliphatic rings. The molecule has 10 heteroatoms. The molecule has 0 saturated carbocycles. The van der Waals surface area contributed by atoms with E-state index in [-0.39, 0.29) is 18.2 Å². The number of nitrogens with one attached hydrogen (secondary N) is 1. The van der Waals surface area contributed by atoms with Gasteiger partial charge in [-0.25, -0.2) is 13.9 Å². The number of halogens is 1. The number of nitrogens with zero attached hydrogens (tertiary/aromatic N) is 3. The standard InChI is InChI=1S/C27H28FN5O4/c1-16-10-19(3-4-20(16)26(29)35)23-14-31-27-22(30-13-17-6-8-36-9-7-17)12-25(32-33(23)27)37-24-5-2-18(15-34)11-21(24)28/h2-5,10-12,14,17,30,34H,6-9,13,15H2,1H3,(H2,29,35). The molecule has 2 aromatic carbocycles. The number of fused-ring (bicyclic) bond motifs is 1. The molecule has 4 aromatic rings. The molecular formula is C27H28FN5O4. The van der Waals surface area contributed by atoms with Crippen molar-refractivity contribution in [1.82, 2.24) is 14.6 Å². The van der Waals surface area contributed by atoms with Crippen molar-refractivity contribution in [3.63, 3.8) is 0 Å². The fourth-order valence-electron chi connectivity index (χ4n) is 4.47. The summed E-state index contributed by atoms with van der Waals surface area (Å²) < 4.78 is 27.6. The maximum Gasteiger partial charge on any atom is 0.248 e. The van der Waals surface area contributed by atoms with Crippen LogP contribution in [-0.2, 0) is 11.3 Å². The van der Waals surface area contributed by atoms with E-state index in [1.165, 1.54) is 12.1 Å². The maximum absolute atomic E-state index is 14.6. The highest BCUT2D eigenvalue weighted by atomic mass is 19.1. The number of benzene rings is 2. The molecule has 0 aliphatic carbocycles. The van der Waals surface area contributed by atoms with Crippen molar-refractivity contribution in [2.75, 3.05) is 25.1 Å². The maximum atomic E-state index is 14.6. The molecule has 0 atom stereocenters. The molecule has 0 bridgehead atoms. The van der Waals surface area contributed by atoms with Crippen LogP contribution in [0.4, 0.5) is 10.1 Å². The summed E-state index contributed by atoms with van der Waals surface area (Å²) in [5.41, 5.74) is 9.82. The van der Waals surface area contributed by atoms with Crippen molar-refractivity contribution < 1.29 is 23.8 Å². The number of carbonyl (C=O) groups excluding carboxylic acids is 1. The van der Waals surface area contributed by atoms with E-state index in [1.807, 2.05) is 13.0 Å². The third kappa shape index (κ3) is 5.25. The zero-order chi connectivity index (χ0) is 25.9. The number of aryl methyl sites for hydroxylation is 1. The van der Waals surface area contributed by atoms with Gasteiger partial charge < -0.3 is 25.6 Å². The molecule has 2 aromatic heterocycles. The van der Waals surface area contributed by atoms with Crippen LogP contribution in [0.1, 0.15) is 34.3 Å². The molecule has 0 spiro atoms. The monoisotopic (exact) mass is 505 g/mol. The Morgan fingerprint density at radius 2 is 2.05 bits per heavy atom. The van der Waals surface area contributed by atoms with Crippen LogP contribution in [0.3, 0.4) is 0 Å². The third-order valence-corrected chi connectivity index (χ3v) is 6.55. The lowest BCUT2D eigenvalue weighted by Gasteiger charge is -2.22. The zero-order valence-corrected chi connectivity index (χ0v) is 20.4. The predicted molar refractivity (Wildman–Crippen MR) is 136 cm³/mol. The van der Waals surface area contributed by atoms with Gasteiger partial charge in [-0.3, -0.25) is 4.79 Å². The molecule has 5 rings (SSSR count). The summed E-state index contributed by atoms with van der Waals surface area (Å²) in [5, 5.41) is 17.3. The second kappa shape index (κ2) is 10.5. The van der Waals surface area contributed by atoms with Gasteiger partial charge in [-0.2, -0.15) is 0 Å². The summed E-state index contributed by atoms with van der Waals surface area (Å²) in [5.74, 6) is -0.489. The second-order valence-electron chi connectivity index (χ2n) is 9.13. The van der Waals surface area contributed by atoms with Crippen LogP contribution in [0.25, 0.3) is 16.9 Å². The lowest BCUT2D eigenvalue weighted by atomic mass is 10.0. The Kier molecular flexibility index (Phi) is 7.02. The average molecular weight is 506 g/mol. The van der Waals surface area contributed by atoms with E-state index in [0.29, 0.717) is 34.1 Å². The number of hydrogen-bond acceptors (Lipinski definition) is 7. The Morgan fingerprint density at radius 1 is 1.24 bits per heavy atom. The number of rotatable bonds is 8. The minimum Gasteiger partial charge on any atom is -0.434 e. The summed E-state index contributed by atoms with van der Waals surface area (Å²) >= 11 is 0. The molecule has 1 fully saturated rings. The quantitative estimate of drug-likeness (QED) is 0.330. The number of aliphatic hydroxyl groups excluding tert-OH is 1. The van der Waals surface area contributed by atoms with Crippen molar-refractivity contribution in [2.24, 2.45) is 11.7 Å². The molecule has 3 heterocycles. The third-order valence-electron chi connectivity index (χ3n) is 6.55. The number of primary amides is 1. The zero-order valence-electron chi connectivity index (χ0n) is 20.4. The largest absolute Gasteiger partial charge is 0.434 e. The van der Waals surface area contributed by atoms with Crippen molar-refractivity contribution in [3.05, 3.63) is 71.2 Å². The van der Waals surface area contributed by atoms with E-state index in [4.69, 9.17) is 15.2 Å². The highest BCUT2D eigenvalue weighted by Gasteiger charge is 2.19. The Labute approximate surface area is 213 Å². The van der Waals surface area contributed by atoms with Crippen molar-refractivity contribution in [2.45, 2.75) is 26.4 Å². The first-order valence-corrected chi connectivity index (χ1v) is 12.1. The number of aromatic nitrogens is 3. The number of aliphatic hydroxyl groups is 1. The van der Waals surface area contributed by atoms with Crippen LogP contribution >= 0.6 is 0 Å². The van der Waals surface area contributed by atoms with E-state index >= 15 is 0 Å². The number of amides is 1. The van der Waals surface area contributed by atoms with Gasteiger partial charge in [0.2, 0.25) is 11.8 Å².